The van der Waals surface area contributed by atoms with Crippen LogP contribution in [0.25, 0.3) is 0 Å². The quantitative estimate of drug-likeness (QED) is 0.469. The first-order valence-corrected chi connectivity index (χ1v) is 7.37. The highest BCUT2D eigenvalue weighted by Gasteiger charge is 2.38. The molecule has 0 spiro atoms. The van der Waals surface area contributed by atoms with Crippen molar-refractivity contribution in [1.82, 2.24) is 0 Å². The van der Waals surface area contributed by atoms with E-state index in [1.54, 1.807) is 28.4 Å². The number of hydrogen-bond acceptors (Lipinski definition) is 5. The Morgan fingerprint density at radius 1 is 1.00 bits per heavy atom. The van der Waals surface area contributed by atoms with E-state index in [1.807, 2.05) is 6.92 Å². The SMILES string of the molecule is C=C.CCC(COC[Si](OC)(OC)OC)OC. The van der Waals surface area contributed by atoms with E-state index in [2.05, 4.69) is 13.2 Å². The Morgan fingerprint density at radius 3 is 1.76 bits per heavy atom. The molecule has 0 aromatic carbocycles. The third-order valence-electron chi connectivity index (χ3n) is 2.30. The van der Waals surface area contributed by atoms with E-state index in [1.165, 1.54) is 0 Å². The molecular formula is C11H26O5Si. The molecule has 104 valence electrons. The fourth-order valence-electron chi connectivity index (χ4n) is 1.09. The van der Waals surface area contributed by atoms with Crippen molar-refractivity contribution in [2.24, 2.45) is 0 Å². The second-order valence-electron chi connectivity index (χ2n) is 3.08. The first-order chi connectivity index (χ1) is 8.17. The summed E-state index contributed by atoms with van der Waals surface area (Å²) in [6, 6.07) is 0. The summed E-state index contributed by atoms with van der Waals surface area (Å²) >= 11 is 0. The van der Waals surface area contributed by atoms with Crippen LogP contribution >= 0.6 is 0 Å². The van der Waals surface area contributed by atoms with Crippen LogP contribution in [-0.4, -0.2) is 56.2 Å². The third-order valence-corrected chi connectivity index (χ3v) is 4.73. The van der Waals surface area contributed by atoms with Crippen LogP contribution < -0.4 is 0 Å². The third kappa shape index (κ3) is 7.64. The van der Waals surface area contributed by atoms with Gasteiger partial charge in [-0.3, -0.25) is 0 Å². The summed E-state index contributed by atoms with van der Waals surface area (Å²) in [5.74, 6) is 0. The van der Waals surface area contributed by atoms with Crippen molar-refractivity contribution in [3.8, 4) is 0 Å². The molecule has 0 fully saturated rings. The topological polar surface area (TPSA) is 46.2 Å². The van der Waals surface area contributed by atoms with Crippen LogP contribution in [0.3, 0.4) is 0 Å². The van der Waals surface area contributed by atoms with E-state index in [0.717, 1.165) is 6.42 Å². The van der Waals surface area contributed by atoms with Crippen LogP contribution in [0.15, 0.2) is 13.2 Å². The molecule has 0 aromatic heterocycles. The average molecular weight is 266 g/mol. The number of methoxy groups -OCH3 is 1. The van der Waals surface area contributed by atoms with E-state index in [4.69, 9.17) is 22.8 Å². The van der Waals surface area contributed by atoms with Crippen molar-refractivity contribution < 1.29 is 22.8 Å². The Kier molecular flexibility index (Phi) is 13.7. The zero-order valence-corrected chi connectivity index (χ0v) is 12.7. The van der Waals surface area contributed by atoms with Gasteiger partial charge in [0.1, 0.15) is 6.23 Å². The first-order valence-electron chi connectivity index (χ1n) is 5.44. The van der Waals surface area contributed by atoms with Gasteiger partial charge in [-0.15, -0.1) is 13.2 Å². The van der Waals surface area contributed by atoms with Gasteiger partial charge in [-0.05, 0) is 6.42 Å². The van der Waals surface area contributed by atoms with Gasteiger partial charge in [-0.1, -0.05) is 6.92 Å². The highest BCUT2D eigenvalue weighted by molar-refractivity contribution is 6.60. The standard InChI is InChI=1S/C9H22O5Si.C2H4/c1-6-9(10-2)7-14-8-15(11-3,12-4)13-5;1-2/h9H,6-8H2,1-5H3;1-2H2. The molecule has 0 bridgehead atoms. The second-order valence-corrected chi connectivity index (χ2v) is 5.96. The lowest BCUT2D eigenvalue weighted by Gasteiger charge is -2.24. The predicted molar refractivity (Wildman–Crippen MR) is 69.9 cm³/mol. The smallest absolute Gasteiger partial charge is 0.379 e. The summed E-state index contributed by atoms with van der Waals surface area (Å²) < 4.78 is 26.3. The summed E-state index contributed by atoms with van der Waals surface area (Å²) in [5.41, 5.74) is 0. The molecule has 1 atom stereocenters. The van der Waals surface area contributed by atoms with Crippen molar-refractivity contribution in [3.05, 3.63) is 13.2 Å². The maximum atomic E-state index is 5.48. The molecule has 17 heavy (non-hydrogen) atoms. The Bertz CT molecular complexity index is 152. The molecule has 0 aliphatic heterocycles. The molecule has 0 rings (SSSR count). The molecule has 5 nitrogen and oxygen atoms in total. The largest absolute Gasteiger partial charge is 0.527 e. The number of ether oxygens (including phenoxy) is 2. The molecule has 0 amide bonds. The predicted octanol–water partition coefficient (Wildman–Crippen LogP) is 1.65. The Labute approximate surface area is 106 Å². The number of rotatable bonds is 9. The summed E-state index contributed by atoms with van der Waals surface area (Å²) in [6.07, 6.45) is 1.37. The van der Waals surface area contributed by atoms with E-state index in [-0.39, 0.29) is 6.10 Å². The lowest BCUT2D eigenvalue weighted by atomic mass is 10.3. The minimum Gasteiger partial charge on any atom is -0.379 e. The fourth-order valence-corrected chi connectivity index (χ4v) is 2.32. The second kappa shape index (κ2) is 12.2. The maximum Gasteiger partial charge on any atom is 0.527 e. The van der Waals surface area contributed by atoms with Gasteiger partial charge < -0.3 is 22.8 Å². The summed E-state index contributed by atoms with van der Waals surface area (Å²) in [5, 5.41) is 0. The summed E-state index contributed by atoms with van der Waals surface area (Å²) in [7, 11) is 3.78. The summed E-state index contributed by atoms with van der Waals surface area (Å²) in [4.78, 5) is 0. The van der Waals surface area contributed by atoms with Crippen molar-refractivity contribution in [1.29, 1.82) is 0 Å². The van der Waals surface area contributed by atoms with Crippen molar-refractivity contribution in [2.75, 3.05) is 41.3 Å². The molecule has 0 radical (unpaired) electrons. The van der Waals surface area contributed by atoms with Gasteiger partial charge in [-0.2, -0.15) is 0 Å². The van der Waals surface area contributed by atoms with Crippen molar-refractivity contribution in [3.63, 3.8) is 0 Å². The highest BCUT2D eigenvalue weighted by atomic mass is 28.4. The van der Waals surface area contributed by atoms with Gasteiger partial charge >= 0.3 is 8.80 Å². The molecule has 6 heteroatoms. The Hall–Kier alpha value is -0.243. The normalized spacial score (nSPS) is 12.8. The van der Waals surface area contributed by atoms with E-state index in [9.17, 15) is 0 Å². The first kappa shape index (κ1) is 19.1. The van der Waals surface area contributed by atoms with Gasteiger partial charge in [0.25, 0.3) is 0 Å². The molecule has 0 saturated carbocycles. The average Bonchev–Trinajstić information content (AvgIpc) is 2.42. The number of hydrogen-bond donors (Lipinski definition) is 0. The van der Waals surface area contributed by atoms with Gasteiger partial charge in [-0.25, -0.2) is 0 Å². The Morgan fingerprint density at radius 2 is 1.47 bits per heavy atom. The van der Waals surface area contributed by atoms with Gasteiger partial charge in [0, 0.05) is 28.4 Å². The zero-order chi connectivity index (χ0) is 13.7. The van der Waals surface area contributed by atoms with E-state index >= 15 is 0 Å². The zero-order valence-electron chi connectivity index (χ0n) is 11.7. The molecular weight excluding hydrogens is 240 g/mol. The van der Waals surface area contributed by atoms with Crippen LogP contribution in [0.1, 0.15) is 13.3 Å². The minimum absolute atomic E-state index is 0.113. The van der Waals surface area contributed by atoms with Gasteiger partial charge in [0.2, 0.25) is 0 Å². The summed E-state index contributed by atoms with van der Waals surface area (Å²) in [6.45, 7) is 8.57. The van der Waals surface area contributed by atoms with Gasteiger partial charge in [0.15, 0.2) is 0 Å². The van der Waals surface area contributed by atoms with Crippen LogP contribution in [0.2, 0.25) is 0 Å². The molecule has 0 heterocycles. The van der Waals surface area contributed by atoms with Crippen LogP contribution in [0.5, 0.6) is 0 Å². The van der Waals surface area contributed by atoms with Gasteiger partial charge in [0.05, 0.1) is 12.7 Å². The fraction of sp³-hybridized carbons (Fsp3) is 0.818. The van der Waals surface area contributed by atoms with E-state index < -0.39 is 8.80 Å². The maximum absolute atomic E-state index is 5.48. The van der Waals surface area contributed by atoms with Crippen LogP contribution in [0, 0.1) is 0 Å². The van der Waals surface area contributed by atoms with Crippen molar-refractivity contribution in [2.45, 2.75) is 19.4 Å². The van der Waals surface area contributed by atoms with Crippen LogP contribution in [-0.2, 0) is 22.8 Å². The monoisotopic (exact) mass is 266 g/mol. The minimum atomic E-state index is -2.59. The Balaban J connectivity index is 0. The molecule has 0 aliphatic carbocycles. The van der Waals surface area contributed by atoms with Crippen molar-refractivity contribution >= 4 is 8.80 Å². The molecule has 0 saturated heterocycles. The van der Waals surface area contributed by atoms with Crippen LogP contribution in [0.4, 0.5) is 0 Å². The molecule has 0 aliphatic rings. The molecule has 0 N–H and O–H groups in total. The molecule has 1 unspecified atom stereocenters. The lowest BCUT2D eigenvalue weighted by Crippen LogP contribution is -2.48. The lowest BCUT2D eigenvalue weighted by molar-refractivity contribution is -0.00129. The highest BCUT2D eigenvalue weighted by Crippen LogP contribution is 2.07. The van der Waals surface area contributed by atoms with E-state index in [0.29, 0.717) is 12.8 Å². The molecule has 0 aromatic rings.